The summed E-state index contributed by atoms with van der Waals surface area (Å²) in [7, 11) is -2.25. The van der Waals surface area contributed by atoms with Crippen LogP contribution in [0, 0.1) is 5.92 Å². The molecule has 1 aromatic carbocycles. The van der Waals surface area contributed by atoms with Crippen molar-refractivity contribution in [2.24, 2.45) is 5.92 Å². The highest BCUT2D eigenvalue weighted by Gasteiger charge is 2.38. The van der Waals surface area contributed by atoms with Crippen molar-refractivity contribution in [3.8, 4) is 5.75 Å². The van der Waals surface area contributed by atoms with E-state index in [9.17, 15) is 27.6 Å². The first kappa shape index (κ1) is 23.0. The standard InChI is InChI=1S/C19H22ClNO7S/c1-4-21(2)15(24)10-28-19-14(29(3,26)27)9-8-11(17(19)20)18(25)16-12(22)6-5-7-13(16)23/h8-9,16H,4-7,10H2,1-3H3. The van der Waals surface area contributed by atoms with E-state index in [1.165, 1.54) is 4.90 Å². The van der Waals surface area contributed by atoms with Crippen LogP contribution in [0.2, 0.25) is 5.02 Å². The third kappa shape index (κ3) is 5.02. The number of hydrogen-bond acceptors (Lipinski definition) is 7. The Morgan fingerprint density at radius 1 is 1.21 bits per heavy atom. The summed E-state index contributed by atoms with van der Waals surface area (Å²) < 4.78 is 29.6. The lowest BCUT2D eigenvalue weighted by atomic mass is 9.81. The quantitative estimate of drug-likeness (QED) is 0.465. The van der Waals surface area contributed by atoms with Crippen LogP contribution in [0.1, 0.15) is 36.5 Å². The van der Waals surface area contributed by atoms with E-state index < -0.39 is 45.6 Å². The number of amides is 1. The van der Waals surface area contributed by atoms with Gasteiger partial charge in [-0.15, -0.1) is 0 Å². The number of sulfone groups is 1. The predicted molar refractivity (Wildman–Crippen MR) is 105 cm³/mol. The molecule has 0 aromatic heterocycles. The lowest BCUT2D eigenvalue weighted by Gasteiger charge is -2.20. The molecule has 1 saturated carbocycles. The SMILES string of the molecule is CCN(C)C(=O)COc1c(S(C)(=O)=O)ccc(C(=O)C2C(=O)CCCC2=O)c1Cl. The number of nitrogens with zero attached hydrogens (tertiary/aromatic N) is 1. The molecule has 0 spiro atoms. The maximum absolute atomic E-state index is 12.8. The van der Waals surface area contributed by atoms with Crippen molar-refractivity contribution >= 4 is 44.7 Å². The van der Waals surface area contributed by atoms with Crippen molar-refractivity contribution in [2.45, 2.75) is 31.1 Å². The van der Waals surface area contributed by atoms with E-state index in [2.05, 4.69) is 0 Å². The van der Waals surface area contributed by atoms with Crippen LogP contribution in [-0.4, -0.2) is 63.0 Å². The molecule has 0 N–H and O–H groups in total. The summed E-state index contributed by atoms with van der Waals surface area (Å²) in [6, 6.07) is 2.28. The average molecular weight is 444 g/mol. The summed E-state index contributed by atoms with van der Waals surface area (Å²) in [6.07, 6.45) is 1.55. The summed E-state index contributed by atoms with van der Waals surface area (Å²) in [4.78, 5) is 50.1. The highest BCUT2D eigenvalue weighted by molar-refractivity contribution is 7.90. The fraction of sp³-hybridized carbons (Fsp3) is 0.474. The van der Waals surface area contributed by atoms with Gasteiger partial charge in [-0.05, 0) is 25.5 Å². The molecule has 0 radical (unpaired) electrons. The van der Waals surface area contributed by atoms with Crippen molar-refractivity contribution in [2.75, 3.05) is 26.5 Å². The van der Waals surface area contributed by atoms with Gasteiger partial charge in [-0.3, -0.25) is 19.2 Å². The molecule has 1 amide bonds. The maximum atomic E-state index is 12.8. The Kier molecular flexibility index (Phi) is 7.18. The third-order valence-electron chi connectivity index (χ3n) is 4.72. The van der Waals surface area contributed by atoms with E-state index in [1.54, 1.807) is 14.0 Å². The molecule has 29 heavy (non-hydrogen) atoms. The molecule has 0 heterocycles. The largest absolute Gasteiger partial charge is 0.481 e. The van der Waals surface area contributed by atoms with Crippen molar-refractivity contribution in [1.29, 1.82) is 0 Å². The van der Waals surface area contributed by atoms with Gasteiger partial charge in [0.25, 0.3) is 5.91 Å². The number of benzene rings is 1. The Labute approximate surface area is 174 Å². The van der Waals surface area contributed by atoms with Crippen LogP contribution >= 0.6 is 11.6 Å². The molecule has 2 rings (SSSR count). The predicted octanol–water partition coefficient (Wildman–Crippen LogP) is 1.72. The van der Waals surface area contributed by atoms with E-state index in [-0.39, 0.29) is 34.1 Å². The zero-order chi connectivity index (χ0) is 21.9. The molecule has 0 aliphatic heterocycles. The van der Waals surface area contributed by atoms with Crippen LogP contribution in [-0.2, 0) is 24.2 Å². The van der Waals surface area contributed by atoms with Gasteiger partial charge in [0.1, 0.15) is 10.8 Å². The molecule has 0 atom stereocenters. The molecule has 158 valence electrons. The van der Waals surface area contributed by atoms with Gasteiger partial charge < -0.3 is 9.64 Å². The van der Waals surface area contributed by atoms with Crippen LogP contribution in [0.15, 0.2) is 17.0 Å². The number of carbonyl (C=O) groups is 4. The summed E-state index contributed by atoms with van der Waals surface area (Å²) in [5.74, 6) is -4.00. The van der Waals surface area contributed by atoms with Crippen molar-refractivity contribution in [3.63, 3.8) is 0 Å². The van der Waals surface area contributed by atoms with Gasteiger partial charge in [-0.1, -0.05) is 11.6 Å². The molecule has 0 saturated heterocycles. The molecule has 1 aromatic rings. The number of ketones is 3. The first-order valence-electron chi connectivity index (χ1n) is 8.98. The Morgan fingerprint density at radius 2 is 1.79 bits per heavy atom. The molecular weight excluding hydrogens is 422 g/mol. The highest BCUT2D eigenvalue weighted by Crippen LogP contribution is 2.37. The first-order valence-corrected chi connectivity index (χ1v) is 11.2. The fourth-order valence-corrected chi connectivity index (χ4v) is 4.11. The number of carbonyl (C=O) groups excluding carboxylic acids is 4. The minimum absolute atomic E-state index is 0.113. The highest BCUT2D eigenvalue weighted by atomic mass is 35.5. The van der Waals surface area contributed by atoms with E-state index in [4.69, 9.17) is 16.3 Å². The fourth-order valence-electron chi connectivity index (χ4n) is 2.93. The van der Waals surface area contributed by atoms with Crippen LogP contribution in [0.3, 0.4) is 0 Å². The molecule has 0 bridgehead atoms. The number of ether oxygens (including phenoxy) is 1. The second-order valence-electron chi connectivity index (χ2n) is 6.81. The number of Topliss-reactive ketones (excluding diaryl/α,β-unsaturated/α-hetero) is 3. The zero-order valence-electron chi connectivity index (χ0n) is 16.4. The number of rotatable bonds is 7. The average Bonchev–Trinajstić information content (AvgIpc) is 2.64. The van der Waals surface area contributed by atoms with Gasteiger partial charge >= 0.3 is 0 Å². The Balaban J connectivity index is 2.48. The van der Waals surface area contributed by atoms with E-state index >= 15 is 0 Å². The minimum Gasteiger partial charge on any atom is -0.481 e. The molecule has 10 heteroatoms. The lowest BCUT2D eigenvalue weighted by molar-refractivity contribution is -0.133. The molecule has 1 fully saturated rings. The third-order valence-corrected chi connectivity index (χ3v) is 6.21. The van der Waals surface area contributed by atoms with Crippen LogP contribution in [0.25, 0.3) is 0 Å². The maximum Gasteiger partial charge on any atom is 0.260 e. The van der Waals surface area contributed by atoms with Crippen LogP contribution < -0.4 is 4.74 Å². The summed E-state index contributed by atoms with van der Waals surface area (Å²) in [6.45, 7) is 1.68. The number of likely N-dealkylation sites (N-methyl/N-ethyl adjacent to an activating group) is 1. The van der Waals surface area contributed by atoms with Gasteiger partial charge in [0.15, 0.2) is 39.5 Å². The monoisotopic (exact) mass is 443 g/mol. The van der Waals surface area contributed by atoms with Crippen LogP contribution in [0.4, 0.5) is 0 Å². The van der Waals surface area contributed by atoms with E-state index in [1.807, 2.05) is 0 Å². The number of hydrogen-bond donors (Lipinski definition) is 0. The lowest BCUT2D eigenvalue weighted by Crippen LogP contribution is -2.35. The van der Waals surface area contributed by atoms with Gasteiger partial charge in [0, 0.05) is 38.3 Å². The molecule has 0 unspecified atom stereocenters. The Morgan fingerprint density at radius 3 is 2.31 bits per heavy atom. The van der Waals surface area contributed by atoms with Gasteiger partial charge in [0.05, 0.1) is 5.02 Å². The minimum atomic E-state index is -3.80. The summed E-state index contributed by atoms with van der Waals surface area (Å²) in [5, 5.41) is -0.351. The van der Waals surface area contributed by atoms with Crippen molar-refractivity contribution in [3.05, 3.63) is 22.7 Å². The number of halogens is 1. The summed E-state index contributed by atoms with van der Waals surface area (Å²) >= 11 is 6.27. The summed E-state index contributed by atoms with van der Waals surface area (Å²) in [5.41, 5.74) is -0.195. The molecule has 1 aliphatic carbocycles. The topological polar surface area (TPSA) is 115 Å². The normalized spacial score (nSPS) is 15.3. The van der Waals surface area contributed by atoms with Gasteiger partial charge in [0.2, 0.25) is 0 Å². The van der Waals surface area contributed by atoms with Gasteiger partial charge in [-0.25, -0.2) is 8.42 Å². The van der Waals surface area contributed by atoms with E-state index in [0.717, 1.165) is 18.4 Å². The molecule has 1 aliphatic rings. The first-order chi connectivity index (χ1) is 13.5. The van der Waals surface area contributed by atoms with Gasteiger partial charge in [-0.2, -0.15) is 0 Å². The van der Waals surface area contributed by atoms with E-state index in [0.29, 0.717) is 13.0 Å². The zero-order valence-corrected chi connectivity index (χ0v) is 17.9. The molecule has 8 nitrogen and oxygen atoms in total. The molecular formula is C19H22ClNO7S. The van der Waals surface area contributed by atoms with Crippen LogP contribution in [0.5, 0.6) is 5.75 Å². The second kappa shape index (κ2) is 9.04. The second-order valence-corrected chi connectivity index (χ2v) is 9.17. The Hall–Kier alpha value is -2.26. The Bertz CT molecular complexity index is 955. The van der Waals surface area contributed by atoms with Crippen molar-refractivity contribution in [1.82, 2.24) is 4.90 Å². The van der Waals surface area contributed by atoms with Crippen molar-refractivity contribution < 1.29 is 32.3 Å². The smallest absolute Gasteiger partial charge is 0.260 e.